The van der Waals surface area contributed by atoms with Crippen LogP contribution in [0.3, 0.4) is 0 Å². The largest absolute Gasteiger partial charge is 0.464 e. The molecule has 0 saturated carbocycles. The first-order valence-electron chi connectivity index (χ1n) is 6.38. The van der Waals surface area contributed by atoms with E-state index in [0.717, 1.165) is 10.4 Å². The van der Waals surface area contributed by atoms with Gasteiger partial charge in [-0.2, -0.15) is 0 Å². The van der Waals surface area contributed by atoms with Crippen LogP contribution in [-0.4, -0.2) is 17.7 Å². The third-order valence-electron chi connectivity index (χ3n) is 2.84. The summed E-state index contributed by atoms with van der Waals surface area (Å²) in [7, 11) is 0. The maximum Gasteiger partial charge on any atom is 0.340 e. The molecule has 21 heavy (non-hydrogen) atoms. The van der Waals surface area contributed by atoms with Gasteiger partial charge in [0.2, 0.25) is 0 Å². The average Bonchev–Trinajstić information content (AvgIpc) is 2.90. The fourth-order valence-corrected chi connectivity index (χ4v) is 3.31. The summed E-state index contributed by atoms with van der Waals surface area (Å²) in [6.45, 7) is 1.95. The van der Waals surface area contributed by atoms with Crippen LogP contribution in [-0.2, 0) is 16.0 Å². The lowest BCUT2D eigenvalue weighted by Gasteiger charge is -2.07. The van der Waals surface area contributed by atoms with Gasteiger partial charge in [0.05, 0.1) is 6.61 Å². The first-order valence-corrected chi connectivity index (χ1v) is 7.95. The van der Waals surface area contributed by atoms with E-state index < -0.39 is 12.1 Å². The molecule has 0 aliphatic carbocycles. The van der Waals surface area contributed by atoms with E-state index >= 15 is 0 Å². The smallest absolute Gasteiger partial charge is 0.340 e. The van der Waals surface area contributed by atoms with Crippen molar-refractivity contribution < 1.29 is 14.6 Å². The van der Waals surface area contributed by atoms with Crippen molar-refractivity contribution in [1.29, 1.82) is 0 Å². The SMILES string of the molecule is CCOC(=O)[C@@H](O)c1ccc(Cc2ccc(Cl)cc2Cl)s1. The van der Waals surface area contributed by atoms with Crippen molar-refractivity contribution in [2.24, 2.45) is 0 Å². The molecule has 0 fully saturated rings. The number of thiophene rings is 1. The molecule has 112 valence electrons. The molecule has 0 spiro atoms. The molecular formula is C15H14Cl2O3S. The maximum atomic E-state index is 11.5. The Balaban J connectivity index is 2.11. The molecule has 1 heterocycles. The minimum Gasteiger partial charge on any atom is -0.464 e. The van der Waals surface area contributed by atoms with Crippen LogP contribution in [0, 0.1) is 0 Å². The van der Waals surface area contributed by atoms with Crippen molar-refractivity contribution >= 4 is 40.5 Å². The van der Waals surface area contributed by atoms with Crippen LogP contribution in [0.25, 0.3) is 0 Å². The first-order chi connectivity index (χ1) is 10.0. The predicted octanol–water partition coefficient (Wildman–Crippen LogP) is 4.24. The number of hydrogen-bond acceptors (Lipinski definition) is 4. The molecule has 1 aromatic carbocycles. The molecule has 6 heteroatoms. The summed E-state index contributed by atoms with van der Waals surface area (Å²) in [6, 6.07) is 8.94. The lowest BCUT2D eigenvalue weighted by Crippen LogP contribution is -2.14. The Morgan fingerprint density at radius 2 is 2.10 bits per heavy atom. The number of carbonyl (C=O) groups is 1. The Bertz CT molecular complexity index is 640. The van der Waals surface area contributed by atoms with Gasteiger partial charge in [-0.1, -0.05) is 29.3 Å². The number of benzene rings is 1. The van der Waals surface area contributed by atoms with Gasteiger partial charge in [0, 0.05) is 26.2 Å². The molecule has 0 amide bonds. The lowest BCUT2D eigenvalue weighted by atomic mass is 10.1. The summed E-state index contributed by atoms with van der Waals surface area (Å²) in [5.41, 5.74) is 0.945. The number of hydrogen-bond donors (Lipinski definition) is 1. The van der Waals surface area contributed by atoms with Gasteiger partial charge in [-0.3, -0.25) is 0 Å². The molecule has 3 nitrogen and oxygen atoms in total. The Labute approximate surface area is 137 Å². The van der Waals surface area contributed by atoms with E-state index in [1.165, 1.54) is 11.3 Å². The van der Waals surface area contributed by atoms with E-state index in [0.29, 0.717) is 21.3 Å². The Hall–Kier alpha value is -1.07. The van der Waals surface area contributed by atoms with Crippen molar-refractivity contribution in [2.75, 3.05) is 6.61 Å². The Morgan fingerprint density at radius 3 is 2.76 bits per heavy atom. The molecule has 0 radical (unpaired) electrons. The van der Waals surface area contributed by atoms with E-state index in [1.807, 2.05) is 12.1 Å². The first kappa shape index (κ1) is 16.3. The number of carbonyl (C=O) groups excluding carboxylic acids is 1. The molecule has 0 aliphatic rings. The summed E-state index contributed by atoms with van der Waals surface area (Å²) in [6.07, 6.45) is -0.611. The van der Waals surface area contributed by atoms with E-state index in [-0.39, 0.29) is 6.61 Å². The number of aliphatic hydroxyl groups excluding tert-OH is 1. The fourth-order valence-electron chi connectivity index (χ4n) is 1.83. The Kier molecular flexibility index (Phi) is 5.65. The molecule has 2 rings (SSSR count). The third-order valence-corrected chi connectivity index (χ3v) is 4.57. The monoisotopic (exact) mass is 344 g/mol. The summed E-state index contributed by atoms with van der Waals surface area (Å²) in [5, 5.41) is 11.1. The van der Waals surface area contributed by atoms with E-state index in [4.69, 9.17) is 27.9 Å². The molecule has 0 aliphatic heterocycles. The second kappa shape index (κ2) is 7.27. The standard InChI is InChI=1S/C15H14Cl2O3S/c1-2-20-15(19)14(18)13-6-5-11(21-13)7-9-3-4-10(16)8-12(9)17/h3-6,8,14,18H,2,7H2,1H3/t14-/m0/s1. The van der Waals surface area contributed by atoms with Gasteiger partial charge in [-0.05, 0) is 36.8 Å². The summed E-state index contributed by atoms with van der Waals surface area (Å²) >= 11 is 13.4. The molecule has 0 unspecified atom stereocenters. The van der Waals surface area contributed by atoms with Gasteiger partial charge in [0.25, 0.3) is 0 Å². The number of rotatable bonds is 5. The normalized spacial score (nSPS) is 12.2. The molecule has 1 aromatic heterocycles. The zero-order valence-electron chi connectivity index (χ0n) is 11.3. The van der Waals surface area contributed by atoms with Gasteiger partial charge >= 0.3 is 5.97 Å². The van der Waals surface area contributed by atoms with Crippen LogP contribution in [0.5, 0.6) is 0 Å². The summed E-state index contributed by atoms with van der Waals surface area (Å²) < 4.78 is 4.80. The van der Waals surface area contributed by atoms with Gasteiger partial charge in [-0.15, -0.1) is 11.3 Å². The van der Waals surface area contributed by atoms with E-state index in [2.05, 4.69) is 0 Å². The van der Waals surface area contributed by atoms with Crippen LogP contribution in [0.15, 0.2) is 30.3 Å². The lowest BCUT2D eigenvalue weighted by molar-refractivity contribution is -0.153. The fraction of sp³-hybridized carbons (Fsp3) is 0.267. The minimum absolute atomic E-state index is 0.245. The van der Waals surface area contributed by atoms with Crippen molar-refractivity contribution in [3.8, 4) is 0 Å². The zero-order chi connectivity index (χ0) is 15.4. The van der Waals surface area contributed by atoms with Gasteiger partial charge in [-0.25, -0.2) is 4.79 Å². The minimum atomic E-state index is -1.23. The quantitative estimate of drug-likeness (QED) is 0.825. The number of esters is 1. The molecule has 1 atom stereocenters. The van der Waals surface area contributed by atoms with Gasteiger partial charge < -0.3 is 9.84 Å². The number of aliphatic hydroxyl groups is 1. The molecule has 2 aromatic rings. The highest BCUT2D eigenvalue weighted by atomic mass is 35.5. The third kappa shape index (κ3) is 4.20. The molecular weight excluding hydrogens is 331 g/mol. The topological polar surface area (TPSA) is 46.5 Å². The highest BCUT2D eigenvalue weighted by Gasteiger charge is 2.20. The Morgan fingerprint density at radius 1 is 1.33 bits per heavy atom. The van der Waals surface area contributed by atoms with Crippen LogP contribution in [0.1, 0.15) is 28.3 Å². The van der Waals surface area contributed by atoms with E-state index in [1.54, 1.807) is 25.1 Å². The van der Waals surface area contributed by atoms with Crippen LogP contribution in [0.2, 0.25) is 10.0 Å². The van der Waals surface area contributed by atoms with Crippen LogP contribution >= 0.6 is 34.5 Å². The van der Waals surface area contributed by atoms with Crippen molar-refractivity contribution in [2.45, 2.75) is 19.4 Å². The summed E-state index contributed by atoms with van der Waals surface area (Å²) in [4.78, 5) is 13.1. The average molecular weight is 345 g/mol. The van der Waals surface area contributed by atoms with Crippen LogP contribution in [0.4, 0.5) is 0 Å². The van der Waals surface area contributed by atoms with Crippen LogP contribution < -0.4 is 0 Å². The van der Waals surface area contributed by atoms with Crippen molar-refractivity contribution in [3.05, 3.63) is 55.7 Å². The van der Waals surface area contributed by atoms with Gasteiger partial charge in [0.1, 0.15) is 0 Å². The highest BCUT2D eigenvalue weighted by molar-refractivity contribution is 7.12. The second-order valence-electron chi connectivity index (χ2n) is 4.37. The molecule has 0 bridgehead atoms. The second-order valence-corrected chi connectivity index (χ2v) is 6.41. The van der Waals surface area contributed by atoms with E-state index in [9.17, 15) is 9.90 Å². The zero-order valence-corrected chi connectivity index (χ0v) is 13.6. The molecule has 1 N–H and O–H groups in total. The predicted molar refractivity (Wildman–Crippen MR) is 85.2 cm³/mol. The maximum absolute atomic E-state index is 11.5. The van der Waals surface area contributed by atoms with Crippen molar-refractivity contribution in [1.82, 2.24) is 0 Å². The number of ether oxygens (including phenoxy) is 1. The number of halogens is 2. The molecule has 0 saturated heterocycles. The highest BCUT2D eigenvalue weighted by Crippen LogP contribution is 2.29. The summed E-state index contributed by atoms with van der Waals surface area (Å²) in [5.74, 6) is -0.629. The van der Waals surface area contributed by atoms with Gasteiger partial charge in [0.15, 0.2) is 6.10 Å². The van der Waals surface area contributed by atoms with Crippen molar-refractivity contribution in [3.63, 3.8) is 0 Å².